The summed E-state index contributed by atoms with van der Waals surface area (Å²) in [7, 11) is 1.64. The summed E-state index contributed by atoms with van der Waals surface area (Å²) in [6.45, 7) is 4.49. The Kier molecular flexibility index (Phi) is 4.07. The van der Waals surface area contributed by atoms with E-state index in [1.54, 1.807) is 7.11 Å². The largest absolute Gasteiger partial charge is 0.493 e. The molecule has 0 aromatic heterocycles. The molecule has 0 atom stereocenters. The SMILES string of the molecule is COc1cc(C)ccc1Oc1cc(C)ccc1CN. The molecule has 0 spiro atoms. The average Bonchev–Trinajstić information content (AvgIpc) is 2.41. The quantitative estimate of drug-likeness (QED) is 0.910. The van der Waals surface area contributed by atoms with E-state index in [1.165, 1.54) is 0 Å². The molecular formula is C16H19NO2. The predicted molar refractivity (Wildman–Crippen MR) is 76.9 cm³/mol. The fourth-order valence-electron chi connectivity index (χ4n) is 1.90. The summed E-state index contributed by atoms with van der Waals surface area (Å²) in [5, 5.41) is 0. The summed E-state index contributed by atoms with van der Waals surface area (Å²) in [5.74, 6) is 2.21. The molecule has 3 heteroatoms. The Balaban J connectivity index is 2.38. The van der Waals surface area contributed by atoms with Crippen molar-refractivity contribution in [2.24, 2.45) is 5.73 Å². The molecule has 0 aliphatic carbocycles. The minimum Gasteiger partial charge on any atom is -0.493 e. The summed E-state index contributed by atoms with van der Waals surface area (Å²) in [5.41, 5.74) is 8.99. The van der Waals surface area contributed by atoms with Crippen LogP contribution < -0.4 is 15.2 Å². The monoisotopic (exact) mass is 257 g/mol. The molecule has 2 aromatic carbocycles. The van der Waals surface area contributed by atoms with Crippen LogP contribution in [0.25, 0.3) is 0 Å². The van der Waals surface area contributed by atoms with Gasteiger partial charge in [-0.25, -0.2) is 0 Å². The second kappa shape index (κ2) is 5.76. The van der Waals surface area contributed by atoms with Crippen LogP contribution in [0.4, 0.5) is 0 Å². The Morgan fingerprint density at radius 2 is 1.53 bits per heavy atom. The molecule has 0 unspecified atom stereocenters. The summed E-state index contributed by atoms with van der Waals surface area (Å²) in [6.07, 6.45) is 0. The third-order valence-corrected chi connectivity index (χ3v) is 2.98. The highest BCUT2D eigenvalue weighted by Gasteiger charge is 2.09. The molecule has 0 saturated carbocycles. The molecule has 0 saturated heterocycles. The normalized spacial score (nSPS) is 10.3. The van der Waals surface area contributed by atoms with E-state index in [-0.39, 0.29) is 0 Å². The van der Waals surface area contributed by atoms with E-state index in [9.17, 15) is 0 Å². The molecule has 2 N–H and O–H groups in total. The molecule has 100 valence electrons. The summed E-state index contributed by atoms with van der Waals surface area (Å²) >= 11 is 0. The summed E-state index contributed by atoms with van der Waals surface area (Å²) in [6, 6.07) is 11.9. The zero-order valence-corrected chi connectivity index (χ0v) is 11.6. The second-order valence-corrected chi connectivity index (χ2v) is 4.57. The van der Waals surface area contributed by atoms with Crippen molar-refractivity contribution >= 4 is 0 Å². The van der Waals surface area contributed by atoms with Crippen molar-refractivity contribution in [2.45, 2.75) is 20.4 Å². The van der Waals surface area contributed by atoms with Crippen LogP contribution >= 0.6 is 0 Å². The van der Waals surface area contributed by atoms with Crippen molar-refractivity contribution in [3.8, 4) is 17.2 Å². The van der Waals surface area contributed by atoms with Gasteiger partial charge in [-0.05, 0) is 43.2 Å². The van der Waals surface area contributed by atoms with Gasteiger partial charge in [0.25, 0.3) is 0 Å². The molecule has 0 bridgehead atoms. The van der Waals surface area contributed by atoms with Crippen LogP contribution in [0.15, 0.2) is 36.4 Å². The smallest absolute Gasteiger partial charge is 0.169 e. The highest BCUT2D eigenvalue weighted by atomic mass is 16.5. The van der Waals surface area contributed by atoms with Crippen LogP contribution in [0.5, 0.6) is 17.2 Å². The van der Waals surface area contributed by atoms with Crippen LogP contribution in [0.1, 0.15) is 16.7 Å². The number of hydrogen-bond donors (Lipinski definition) is 1. The zero-order chi connectivity index (χ0) is 13.8. The van der Waals surface area contributed by atoms with E-state index in [2.05, 4.69) is 0 Å². The molecular weight excluding hydrogens is 238 g/mol. The fourth-order valence-corrected chi connectivity index (χ4v) is 1.90. The van der Waals surface area contributed by atoms with Gasteiger partial charge in [-0.3, -0.25) is 0 Å². The maximum absolute atomic E-state index is 5.95. The van der Waals surface area contributed by atoms with Gasteiger partial charge in [-0.2, -0.15) is 0 Å². The Morgan fingerprint density at radius 1 is 0.895 bits per heavy atom. The maximum Gasteiger partial charge on any atom is 0.169 e. The number of benzene rings is 2. The van der Waals surface area contributed by atoms with Crippen LogP contribution in [0.3, 0.4) is 0 Å². The first kappa shape index (κ1) is 13.4. The lowest BCUT2D eigenvalue weighted by atomic mass is 10.1. The van der Waals surface area contributed by atoms with Gasteiger partial charge in [0, 0.05) is 12.1 Å². The van der Waals surface area contributed by atoms with Gasteiger partial charge in [0.05, 0.1) is 7.11 Å². The van der Waals surface area contributed by atoms with Gasteiger partial charge in [0.2, 0.25) is 0 Å². The third-order valence-electron chi connectivity index (χ3n) is 2.98. The van der Waals surface area contributed by atoms with Crippen molar-refractivity contribution in [1.82, 2.24) is 0 Å². The minimum atomic E-state index is 0.448. The number of rotatable bonds is 4. The zero-order valence-electron chi connectivity index (χ0n) is 11.6. The Hall–Kier alpha value is -2.00. The Labute approximate surface area is 114 Å². The molecule has 2 aromatic rings. The molecule has 2 rings (SSSR count). The van der Waals surface area contributed by atoms with E-state index in [0.29, 0.717) is 12.3 Å². The molecule has 0 fully saturated rings. The molecule has 0 aliphatic rings. The number of hydrogen-bond acceptors (Lipinski definition) is 3. The molecule has 0 amide bonds. The molecule has 0 heterocycles. The van der Waals surface area contributed by atoms with E-state index in [4.69, 9.17) is 15.2 Å². The van der Waals surface area contributed by atoms with Crippen LogP contribution in [0, 0.1) is 13.8 Å². The highest BCUT2D eigenvalue weighted by molar-refractivity contribution is 5.47. The van der Waals surface area contributed by atoms with Gasteiger partial charge < -0.3 is 15.2 Å². The van der Waals surface area contributed by atoms with E-state index in [1.807, 2.05) is 50.2 Å². The van der Waals surface area contributed by atoms with Crippen molar-refractivity contribution < 1.29 is 9.47 Å². The van der Waals surface area contributed by atoms with E-state index in [0.717, 1.165) is 28.2 Å². The number of methoxy groups -OCH3 is 1. The van der Waals surface area contributed by atoms with Gasteiger partial charge >= 0.3 is 0 Å². The number of ether oxygens (including phenoxy) is 2. The van der Waals surface area contributed by atoms with Crippen molar-refractivity contribution in [2.75, 3.05) is 7.11 Å². The lowest BCUT2D eigenvalue weighted by Gasteiger charge is -2.14. The Morgan fingerprint density at radius 3 is 2.16 bits per heavy atom. The predicted octanol–water partition coefficient (Wildman–Crippen LogP) is 3.56. The fraction of sp³-hybridized carbons (Fsp3) is 0.250. The highest BCUT2D eigenvalue weighted by Crippen LogP contribution is 2.34. The second-order valence-electron chi connectivity index (χ2n) is 4.57. The average molecular weight is 257 g/mol. The standard InChI is InChI=1S/C16H19NO2/c1-11-4-6-13(10-17)15(8-11)19-14-7-5-12(2)9-16(14)18-3/h4-9H,10,17H2,1-3H3. The van der Waals surface area contributed by atoms with Gasteiger partial charge in [-0.15, -0.1) is 0 Å². The topological polar surface area (TPSA) is 44.5 Å². The molecule has 0 radical (unpaired) electrons. The molecule has 3 nitrogen and oxygen atoms in total. The van der Waals surface area contributed by atoms with Gasteiger partial charge in [0.1, 0.15) is 5.75 Å². The lowest BCUT2D eigenvalue weighted by molar-refractivity contribution is 0.377. The van der Waals surface area contributed by atoms with Crippen molar-refractivity contribution in [3.63, 3.8) is 0 Å². The number of aryl methyl sites for hydroxylation is 2. The molecule has 19 heavy (non-hydrogen) atoms. The molecule has 0 aliphatic heterocycles. The summed E-state index contributed by atoms with van der Waals surface area (Å²) < 4.78 is 11.3. The first-order valence-corrected chi connectivity index (χ1v) is 6.26. The van der Waals surface area contributed by atoms with E-state index < -0.39 is 0 Å². The van der Waals surface area contributed by atoms with Crippen molar-refractivity contribution in [3.05, 3.63) is 53.1 Å². The minimum absolute atomic E-state index is 0.448. The first-order valence-electron chi connectivity index (χ1n) is 6.26. The first-order chi connectivity index (χ1) is 9.13. The maximum atomic E-state index is 5.95. The third kappa shape index (κ3) is 3.06. The van der Waals surface area contributed by atoms with Crippen LogP contribution in [-0.2, 0) is 6.54 Å². The lowest BCUT2D eigenvalue weighted by Crippen LogP contribution is -2.00. The Bertz CT molecular complexity index is 579. The van der Waals surface area contributed by atoms with Crippen molar-refractivity contribution in [1.29, 1.82) is 0 Å². The van der Waals surface area contributed by atoms with E-state index >= 15 is 0 Å². The summed E-state index contributed by atoms with van der Waals surface area (Å²) in [4.78, 5) is 0. The number of nitrogens with two attached hydrogens (primary N) is 1. The van der Waals surface area contributed by atoms with Gasteiger partial charge in [-0.1, -0.05) is 18.2 Å². The van der Waals surface area contributed by atoms with Crippen LogP contribution in [-0.4, -0.2) is 7.11 Å². The van der Waals surface area contributed by atoms with Gasteiger partial charge in [0.15, 0.2) is 11.5 Å². The van der Waals surface area contributed by atoms with Crippen LogP contribution in [0.2, 0.25) is 0 Å².